The molecule has 0 spiro atoms. The van der Waals surface area contributed by atoms with Crippen LogP contribution >= 0.6 is 11.6 Å². The number of benzene rings is 1. The van der Waals surface area contributed by atoms with Gasteiger partial charge in [-0.1, -0.05) is 17.7 Å². The van der Waals surface area contributed by atoms with Crippen LogP contribution in [-0.2, 0) is 6.54 Å². The molecule has 1 aliphatic heterocycles. The van der Waals surface area contributed by atoms with E-state index in [0.29, 0.717) is 6.04 Å². The molecule has 0 aliphatic carbocycles. The van der Waals surface area contributed by atoms with Crippen molar-refractivity contribution in [3.8, 4) is 0 Å². The average Bonchev–Trinajstić information content (AvgIpc) is 2.08. The SMILES string of the molecule is Fc1ccc(CNC2CNC2)cc1Cl. The largest absolute Gasteiger partial charge is 0.314 e. The van der Waals surface area contributed by atoms with Crippen LogP contribution < -0.4 is 10.6 Å². The topological polar surface area (TPSA) is 24.1 Å². The second kappa shape index (κ2) is 4.26. The summed E-state index contributed by atoms with van der Waals surface area (Å²) in [5.74, 6) is -0.360. The smallest absolute Gasteiger partial charge is 0.141 e. The van der Waals surface area contributed by atoms with E-state index >= 15 is 0 Å². The summed E-state index contributed by atoms with van der Waals surface area (Å²) in [5, 5.41) is 6.70. The number of halogens is 2. The van der Waals surface area contributed by atoms with E-state index in [-0.39, 0.29) is 10.8 Å². The first-order valence-corrected chi connectivity index (χ1v) is 5.01. The normalized spacial score (nSPS) is 16.7. The summed E-state index contributed by atoms with van der Waals surface area (Å²) in [6.45, 7) is 2.76. The van der Waals surface area contributed by atoms with Gasteiger partial charge in [0.2, 0.25) is 0 Å². The van der Waals surface area contributed by atoms with Crippen molar-refractivity contribution in [3.05, 3.63) is 34.6 Å². The summed E-state index contributed by atoms with van der Waals surface area (Å²) >= 11 is 5.66. The van der Waals surface area contributed by atoms with Gasteiger partial charge in [-0.15, -0.1) is 0 Å². The maximum atomic E-state index is 12.8. The molecule has 1 heterocycles. The highest BCUT2D eigenvalue weighted by molar-refractivity contribution is 6.30. The number of hydrogen-bond acceptors (Lipinski definition) is 2. The minimum atomic E-state index is -0.360. The van der Waals surface area contributed by atoms with E-state index in [0.717, 1.165) is 25.2 Å². The third kappa shape index (κ3) is 2.23. The zero-order valence-corrected chi connectivity index (χ0v) is 8.44. The van der Waals surface area contributed by atoms with Gasteiger partial charge in [-0.05, 0) is 17.7 Å². The van der Waals surface area contributed by atoms with Crippen molar-refractivity contribution in [2.45, 2.75) is 12.6 Å². The molecule has 0 radical (unpaired) electrons. The van der Waals surface area contributed by atoms with E-state index in [1.165, 1.54) is 6.07 Å². The van der Waals surface area contributed by atoms with Gasteiger partial charge in [-0.2, -0.15) is 0 Å². The van der Waals surface area contributed by atoms with E-state index < -0.39 is 0 Å². The molecule has 0 aromatic heterocycles. The molecule has 76 valence electrons. The molecule has 2 nitrogen and oxygen atoms in total. The van der Waals surface area contributed by atoms with Gasteiger partial charge in [0, 0.05) is 25.7 Å². The molecule has 1 aliphatic rings. The molecule has 0 atom stereocenters. The fourth-order valence-corrected chi connectivity index (χ4v) is 1.55. The molecule has 14 heavy (non-hydrogen) atoms. The number of hydrogen-bond donors (Lipinski definition) is 2. The molecule has 1 aromatic carbocycles. The molecule has 2 N–H and O–H groups in total. The highest BCUT2D eigenvalue weighted by atomic mass is 35.5. The van der Waals surface area contributed by atoms with Crippen LogP contribution in [-0.4, -0.2) is 19.1 Å². The van der Waals surface area contributed by atoms with Gasteiger partial charge in [0.15, 0.2) is 0 Å². The van der Waals surface area contributed by atoms with E-state index in [4.69, 9.17) is 11.6 Å². The first-order chi connectivity index (χ1) is 6.75. The van der Waals surface area contributed by atoms with Gasteiger partial charge in [0.25, 0.3) is 0 Å². The van der Waals surface area contributed by atoms with E-state index in [1.807, 2.05) is 0 Å². The highest BCUT2D eigenvalue weighted by Crippen LogP contribution is 2.15. The van der Waals surface area contributed by atoms with Crippen LogP contribution in [0.1, 0.15) is 5.56 Å². The zero-order chi connectivity index (χ0) is 9.97. The Bertz CT molecular complexity index is 326. The first kappa shape index (κ1) is 9.90. The third-order valence-electron chi connectivity index (χ3n) is 2.36. The number of rotatable bonds is 3. The lowest BCUT2D eigenvalue weighted by Crippen LogP contribution is -2.54. The van der Waals surface area contributed by atoms with Gasteiger partial charge in [0.1, 0.15) is 5.82 Å². The molecule has 0 amide bonds. The monoisotopic (exact) mass is 214 g/mol. The van der Waals surface area contributed by atoms with Crippen LogP contribution in [0.4, 0.5) is 4.39 Å². The average molecular weight is 215 g/mol. The molecule has 1 aromatic rings. The summed E-state index contributed by atoms with van der Waals surface area (Å²) < 4.78 is 12.8. The molecule has 2 rings (SSSR count). The van der Waals surface area contributed by atoms with E-state index in [2.05, 4.69) is 10.6 Å². The minimum Gasteiger partial charge on any atom is -0.314 e. The molecular weight excluding hydrogens is 203 g/mol. The molecule has 0 bridgehead atoms. The molecular formula is C10H12ClFN2. The fraction of sp³-hybridized carbons (Fsp3) is 0.400. The van der Waals surface area contributed by atoms with Crippen molar-refractivity contribution in [3.63, 3.8) is 0 Å². The second-order valence-electron chi connectivity index (χ2n) is 3.48. The summed E-state index contributed by atoms with van der Waals surface area (Å²) in [7, 11) is 0. The maximum absolute atomic E-state index is 12.8. The van der Waals surface area contributed by atoms with Crippen molar-refractivity contribution in [1.82, 2.24) is 10.6 Å². The lowest BCUT2D eigenvalue weighted by atomic mass is 10.1. The second-order valence-corrected chi connectivity index (χ2v) is 3.89. The molecule has 4 heteroatoms. The Morgan fingerprint density at radius 2 is 2.29 bits per heavy atom. The predicted octanol–water partition coefficient (Wildman–Crippen LogP) is 1.54. The molecule has 1 saturated heterocycles. The minimum absolute atomic E-state index is 0.191. The third-order valence-corrected chi connectivity index (χ3v) is 2.65. The summed E-state index contributed by atoms with van der Waals surface area (Å²) in [6, 6.07) is 5.35. The number of nitrogens with one attached hydrogen (secondary N) is 2. The molecule has 0 unspecified atom stereocenters. The Kier molecular flexibility index (Phi) is 3.01. The van der Waals surface area contributed by atoms with Gasteiger partial charge in [0.05, 0.1) is 5.02 Å². The van der Waals surface area contributed by atoms with Crippen molar-refractivity contribution < 1.29 is 4.39 Å². The van der Waals surface area contributed by atoms with Gasteiger partial charge < -0.3 is 10.6 Å². The lowest BCUT2D eigenvalue weighted by molar-refractivity contribution is 0.365. The van der Waals surface area contributed by atoms with Crippen molar-refractivity contribution in [1.29, 1.82) is 0 Å². The fourth-order valence-electron chi connectivity index (χ4n) is 1.34. The van der Waals surface area contributed by atoms with E-state index in [1.54, 1.807) is 12.1 Å². The van der Waals surface area contributed by atoms with Crippen molar-refractivity contribution >= 4 is 11.6 Å². The maximum Gasteiger partial charge on any atom is 0.141 e. The van der Waals surface area contributed by atoms with Crippen molar-refractivity contribution in [2.75, 3.05) is 13.1 Å². The molecule has 1 fully saturated rings. The Hall–Kier alpha value is -0.640. The van der Waals surface area contributed by atoms with Crippen LogP contribution in [0.25, 0.3) is 0 Å². The Morgan fingerprint density at radius 3 is 2.86 bits per heavy atom. The van der Waals surface area contributed by atoms with Crippen LogP contribution in [0.5, 0.6) is 0 Å². The zero-order valence-electron chi connectivity index (χ0n) is 7.69. The van der Waals surface area contributed by atoms with Crippen LogP contribution in [0.2, 0.25) is 5.02 Å². The molecule has 0 saturated carbocycles. The van der Waals surface area contributed by atoms with Crippen LogP contribution in [0.3, 0.4) is 0 Å². The standard InChI is InChI=1S/C10H12ClFN2/c11-9-3-7(1-2-10(9)12)4-14-8-5-13-6-8/h1-3,8,13-14H,4-6H2. The van der Waals surface area contributed by atoms with Gasteiger partial charge >= 0.3 is 0 Å². The Balaban J connectivity index is 1.91. The first-order valence-electron chi connectivity index (χ1n) is 4.64. The summed E-state index contributed by atoms with van der Waals surface area (Å²) in [6.07, 6.45) is 0. The summed E-state index contributed by atoms with van der Waals surface area (Å²) in [4.78, 5) is 0. The van der Waals surface area contributed by atoms with E-state index in [9.17, 15) is 4.39 Å². The van der Waals surface area contributed by atoms with Gasteiger partial charge in [-0.25, -0.2) is 4.39 Å². The van der Waals surface area contributed by atoms with Crippen LogP contribution in [0.15, 0.2) is 18.2 Å². The lowest BCUT2D eigenvalue weighted by Gasteiger charge is -2.28. The van der Waals surface area contributed by atoms with Crippen LogP contribution in [0, 0.1) is 5.82 Å². The summed E-state index contributed by atoms with van der Waals surface area (Å²) in [5.41, 5.74) is 1.02. The Labute approximate surface area is 87.5 Å². The van der Waals surface area contributed by atoms with Crippen molar-refractivity contribution in [2.24, 2.45) is 0 Å². The van der Waals surface area contributed by atoms with Gasteiger partial charge in [-0.3, -0.25) is 0 Å². The quantitative estimate of drug-likeness (QED) is 0.798. The predicted molar refractivity (Wildman–Crippen MR) is 54.9 cm³/mol. The highest BCUT2D eigenvalue weighted by Gasteiger charge is 2.15. The Morgan fingerprint density at radius 1 is 1.50 bits per heavy atom.